The highest BCUT2D eigenvalue weighted by atomic mass is 16.5. The lowest BCUT2D eigenvalue weighted by atomic mass is 10.2. The van der Waals surface area contributed by atoms with Crippen molar-refractivity contribution in [2.24, 2.45) is 0 Å². The molecular weight excluding hydrogens is 240 g/mol. The van der Waals surface area contributed by atoms with Crippen molar-refractivity contribution in [2.45, 2.75) is 46.3 Å². The van der Waals surface area contributed by atoms with Gasteiger partial charge in [-0.3, -0.25) is 4.90 Å². The van der Waals surface area contributed by atoms with Crippen molar-refractivity contribution in [3.63, 3.8) is 0 Å². The zero-order chi connectivity index (χ0) is 14.1. The average molecular weight is 268 g/mol. The Bertz CT molecular complexity index is 337. The maximum absolute atomic E-state index is 5.58. The molecule has 0 aliphatic rings. The zero-order valence-electron chi connectivity index (χ0n) is 12.7. The highest BCUT2D eigenvalue weighted by molar-refractivity contribution is 5.17. The minimum absolute atomic E-state index is 0.501. The number of rotatable bonds is 10. The first-order valence-electron chi connectivity index (χ1n) is 7.18. The van der Waals surface area contributed by atoms with Crippen LogP contribution in [-0.4, -0.2) is 37.7 Å². The van der Waals surface area contributed by atoms with E-state index in [9.17, 15) is 0 Å². The number of hydrogen-bond acceptors (Lipinski definition) is 4. The first-order chi connectivity index (χ1) is 9.19. The monoisotopic (exact) mass is 268 g/mol. The predicted molar refractivity (Wildman–Crippen MR) is 78.1 cm³/mol. The highest BCUT2D eigenvalue weighted by Gasteiger charge is 2.14. The van der Waals surface area contributed by atoms with Gasteiger partial charge in [0.2, 0.25) is 0 Å². The van der Waals surface area contributed by atoms with Crippen LogP contribution in [-0.2, 0) is 17.8 Å². The van der Waals surface area contributed by atoms with Crippen LogP contribution in [0.1, 0.15) is 38.5 Å². The highest BCUT2D eigenvalue weighted by Crippen LogP contribution is 2.15. The summed E-state index contributed by atoms with van der Waals surface area (Å²) in [5.74, 6) is 1.05. The standard InChI is InChI=1S/C15H28N2O2/c1-5-7-16-11-15-14(6-9-19-15)12-17(13(2)3)8-10-18-4/h6,9,13,16H,5,7-8,10-12H2,1-4H3. The van der Waals surface area contributed by atoms with Crippen LogP contribution in [0.3, 0.4) is 0 Å². The molecule has 0 aliphatic heterocycles. The van der Waals surface area contributed by atoms with Gasteiger partial charge < -0.3 is 14.5 Å². The van der Waals surface area contributed by atoms with Crippen molar-refractivity contribution in [3.05, 3.63) is 23.7 Å². The van der Waals surface area contributed by atoms with Crippen molar-refractivity contribution in [1.29, 1.82) is 0 Å². The lowest BCUT2D eigenvalue weighted by Gasteiger charge is -2.26. The molecule has 1 aromatic heterocycles. The van der Waals surface area contributed by atoms with E-state index in [4.69, 9.17) is 9.15 Å². The van der Waals surface area contributed by atoms with E-state index in [1.54, 1.807) is 13.4 Å². The number of nitrogens with zero attached hydrogens (tertiary/aromatic N) is 1. The molecular formula is C15H28N2O2. The van der Waals surface area contributed by atoms with Crippen LogP contribution < -0.4 is 5.32 Å². The van der Waals surface area contributed by atoms with Crippen LogP contribution in [0, 0.1) is 0 Å². The first-order valence-corrected chi connectivity index (χ1v) is 7.18. The molecule has 0 saturated heterocycles. The van der Waals surface area contributed by atoms with Crippen LogP contribution in [0.25, 0.3) is 0 Å². The lowest BCUT2D eigenvalue weighted by Crippen LogP contribution is -2.33. The molecule has 0 bridgehead atoms. The molecule has 1 N–H and O–H groups in total. The van der Waals surface area contributed by atoms with E-state index in [0.29, 0.717) is 6.04 Å². The van der Waals surface area contributed by atoms with Gasteiger partial charge in [0.15, 0.2) is 0 Å². The second-order valence-corrected chi connectivity index (χ2v) is 5.10. The van der Waals surface area contributed by atoms with Crippen LogP contribution in [0.2, 0.25) is 0 Å². The topological polar surface area (TPSA) is 37.6 Å². The molecule has 0 aliphatic carbocycles. The van der Waals surface area contributed by atoms with Crippen molar-refractivity contribution < 1.29 is 9.15 Å². The number of nitrogens with one attached hydrogen (secondary N) is 1. The average Bonchev–Trinajstić information content (AvgIpc) is 2.82. The van der Waals surface area contributed by atoms with Crippen molar-refractivity contribution in [3.8, 4) is 0 Å². The molecule has 0 atom stereocenters. The van der Waals surface area contributed by atoms with E-state index in [-0.39, 0.29) is 0 Å². The Labute approximate surface area is 117 Å². The Morgan fingerprint density at radius 3 is 2.84 bits per heavy atom. The molecule has 0 saturated carbocycles. The number of ether oxygens (including phenoxy) is 1. The quantitative estimate of drug-likeness (QED) is 0.662. The van der Waals surface area contributed by atoms with Crippen molar-refractivity contribution in [2.75, 3.05) is 26.8 Å². The van der Waals surface area contributed by atoms with Crippen LogP contribution in [0.15, 0.2) is 16.7 Å². The van der Waals surface area contributed by atoms with Gasteiger partial charge in [-0.2, -0.15) is 0 Å². The molecule has 0 fully saturated rings. The van der Waals surface area contributed by atoms with Crippen molar-refractivity contribution in [1.82, 2.24) is 10.2 Å². The SMILES string of the molecule is CCCNCc1occc1CN(CCOC)C(C)C. The van der Waals surface area contributed by atoms with Gasteiger partial charge in [-0.15, -0.1) is 0 Å². The normalized spacial score (nSPS) is 11.7. The van der Waals surface area contributed by atoms with E-state index >= 15 is 0 Å². The van der Waals surface area contributed by atoms with Gasteiger partial charge in [-0.1, -0.05) is 6.92 Å². The van der Waals surface area contributed by atoms with Gasteiger partial charge in [0.25, 0.3) is 0 Å². The Hall–Kier alpha value is -0.840. The van der Waals surface area contributed by atoms with Crippen LogP contribution in [0.4, 0.5) is 0 Å². The molecule has 0 amide bonds. The molecule has 0 radical (unpaired) electrons. The molecule has 0 spiro atoms. The smallest absolute Gasteiger partial charge is 0.122 e. The molecule has 0 unspecified atom stereocenters. The molecule has 110 valence electrons. The number of methoxy groups -OCH3 is 1. The fraction of sp³-hybridized carbons (Fsp3) is 0.733. The van der Waals surface area contributed by atoms with E-state index in [2.05, 4.69) is 37.1 Å². The summed E-state index contributed by atoms with van der Waals surface area (Å²) < 4.78 is 10.7. The summed E-state index contributed by atoms with van der Waals surface area (Å²) in [6, 6.07) is 2.58. The number of furan rings is 1. The van der Waals surface area contributed by atoms with Gasteiger partial charge in [0, 0.05) is 31.8 Å². The minimum atomic E-state index is 0.501. The minimum Gasteiger partial charge on any atom is -0.468 e. The molecule has 0 aromatic carbocycles. The van der Waals surface area contributed by atoms with Crippen molar-refractivity contribution >= 4 is 0 Å². The lowest BCUT2D eigenvalue weighted by molar-refractivity contribution is 0.124. The van der Waals surface area contributed by atoms with Gasteiger partial charge >= 0.3 is 0 Å². The molecule has 1 aromatic rings. The van der Waals surface area contributed by atoms with Gasteiger partial charge in [-0.05, 0) is 32.9 Å². The molecule has 4 heteroatoms. The Morgan fingerprint density at radius 1 is 1.42 bits per heavy atom. The van der Waals surface area contributed by atoms with Crippen LogP contribution >= 0.6 is 0 Å². The van der Waals surface area contributed by atoms with Gasteiger partial charge in [0.05, 0.1) is 19.4 Å². The molecule has 1 heterocycles. The Balaban J connectivity index is 2.55. The molecule has 4 nitrogen and oxygen atoms in total. The zero-order valence-corrected chi connectivity index (χ0v) is 12.7. The third-order valence-electron chi connectivity index (χ3n) is 3.24. The fourth-order valence-electron chi connectivity index (χ4n) is 1.99. The summed E-state index contributed by atoms with van der Waals surface area (Å²) in [4.78, 5) is 2.40. The van der Waals surface area contributed by atoms with E-state index in [1.165, 1.54) is 5.56 Å². The summed E-state index contributed by atoms with van der Waals surface area (Å²) in [5.41, 5.74) is 1.27. The second kappa shape index (κ2) is 9.13. The van der Waals surface area contributed by atoms with E-state index in [1.807, 2.05) is 0 Å². The molecule has 1 rings (SSSR count). The number of hydrogen-bond donors (Lipinski definition) is 1. The summed E-state index contributed by atoms with van der Waals surface area (Å²) >= 11 is 0. The maximum atomic E-state index is 5.58. The summed E-state index contributed by atoms with van der Waals surface area (Å²) in [7, 11) is 1.75. The largest absolute Gasteiger partial charge is 0.468 e. The van der Waals surface area contributed by atoms with Gasteiger partial charge in [0.1, 0.15) is 5.76 Å². The second-order valence-electron chi connectivity index (χ2n) is 5.10. The Morgan fingerprint density at radius 2 is 2.21 bits per heavy atom. The van der Waals surface area contributed by atoms with E-state index < -0.39 is 0 Å². The summed E-state index contributed by atoms with van der Waals surface area (Å²) in [5, 5.41) is 3.39. The van der Waals surface area contributed by atoms with Crippen LogP contribution in [0.5, 0.6) is 0 Å². The first kappa shape index (κ1) is 16.2. The summed E-state index contributed by atoms with van der Waals surface area (Å²) in [6.45, 7) is 11.1. The molecule has 19 heavy (non-hydrogen) atoms. The fourth-order valence-corrected chi connectivity index (χ4v) is 1.99. The Kier molecular flexibility index (Phi) is 7.79. The maximum Gasteiger partial charge on any atom is 0.122 e. The third kappa shape index (κ3) is 5.76. The third-order valence-corrected chi connectivity index (χ3v) is 3.24. The predicted octanol–water partition coefficient (Wildman–Crippen LogP) is 2.64. The van der Waals surface area contributed by atoms with Gasteiger partial charge in [-0.25, -0.2) is 0 Å². The summed E-state index contributed by atoms with van der Waals surface area (Å²) in [6.07, 6.45) is 2.93. The van der Waals surface area contributed by atoms with E-state index in [0.717, 1.165) is 45.0 Å².